The summed E-state index contributed by atoms with van der Waals surface area (Å²) in [6.07, 6.45) is 2.41. The van der Waals surface area contributed by atoms with Gasteiger partial charge in [-0.25, -0.2) is 0 Å². The lowest BCUT2D eigenvalue weighted by Crippen LogP contribution is -3.00. The van der Waals surface area contributed by atoms with Gasteiger partial charge >= 0.3 is 0 Å². The van der Waals surface area contributed by atoms with Crippen LogP contribution in [0.4, 0.5) is 0 Å². The summed E-state index contributed by atoms with van der Waals surface area (Å²) in [7, 11) is -2.07. The van der Waals surface area contributed by atoms with Gasteiger partial charge in [0.2, 0.25) is 0 Å². The molecule has 3 aromatic carbocycles. The number of hydrogen-bond donors (Lipinski definition) is 1. The van der Waals surface area contributed by atoms with Gasteiger partial charge in [-0.05, 0) is 49.7 Å². The van der Waals surface area contributed by atoms with Crippen molar-refractivity contribution in [1.29, 1.82) is 0 Å². The van der Waals surface area contributed by atoms with Crippen LogP contribution in [-0.2, 0) is 0 Å². The Morgan fingerprint density at radius 1 is 0.828 bits per heavy atom. The molecule has 3 rings (SSSR count). The van der Waals surface area contributed by atoms with E-state index in [2.05, 4.69) is 85.8 Å². The molecule has 0 aliphatic rings. The summed E-state index contributed by atoms with van der Waals surface area (Å²) >= 11 is 0. The van der Waals surface area contributed by atoms with Crippen LogP contribution >= 0.6 is 7.26 Å². The Balaban J connectivity index is 0.00000300. The quantitative estimate of drug-likeness (QED) is 0.378. The molecule has 0 saturated carbocycles. The number of aliphatic hydroxyl groups excluding tert-OH is 1. The maximum atomic E-state index is 10.6. The molecule has 0 bridgehead atoms. The fourth-order valence-electron chi connectivity index (χ4n) is 3.72. The Hall–Kier alpha value is -1.67. The Morgan fingerprint density at radius 3 is 1.86 bits per heavy atom. The molecular formula is C25H30BrO2P. The fourth-order valence-corrected chi connectivity index (χ4v) is 8.20. The Morgan fingerprint density at radius 2 is 1.34 bits per heavy atom. The molecule has 1 unspecified atom stereocenters. The Bertz CT molecular complexity index is 813. The van der Waals surface area contributed by atoms with Gasteiger partial charge in [0, 0.05) is 0 Å². The number of para-hydroxylation sites is 1. The Kier molecular flexibility index (Phi) is 9.36. The molecule has 1 atom stereocenters. The number of ether oxygens (including phenoxy) is 1. The van der Waals surface area contributed by atoms with Gasteiger partial charge in [-0.15, -0.1) is 0 Å². The molecule has 0 saturated heterocycles. The lowest BCUT2D eigenvalue weighted by atomic mass is 10.3. The van der Waals surface area contributed by atoms with Crippen LogP contribution in [0.1, 0.15) is 26.7 Å². The van der Waals surface area contributed by atoms with E-state index >= 15 is 0 Å². The molecule has 0 amide bonds. The topological polar surface area (TPSA) is 29.5 Å². The van der Waals surface area contributed by atoms with Crippen molar-refractivity contribution in [2.24, 2.45) is 0 Å². The average molecular weight is 473 g/mol. The van der Waals surface area contributed by atoms with Crippen LogP contribution in [0, 0.1) is 0 Å². The molecule has 3 aromatic rings. The highest BCUT2D eigenvalue weighted by Gasteiger charge is 2.48. The van der Waals surface area contributed by atoms with Gasteiger partial charge in [0.1, 0.15) is 23.2 Å². The minimum absolute atomic E-state index is 0. The zero-order valence-electron chi connectivity index (χ0n) is 17.2. The third-order valence-corrected chi connectivity index (χ3v) is 9.59. The number of hydrogen-bond acceptors (Lipinski definition) is 2. The van der Waals surface area contributed by atoms with E-state index in [9.17, 15) is 5.11 Å². The van der Waals surface area contributed by atoms with Gasteiger partial charge < -0.3 is 26.8 Å². The van der Waals surface area contributed by atoms with E-state index in [1.165, 1.54) is 15.9 Å². The zero-order chi connectivity index (χ0) is 19.8. The average Bonchev–Trinajstić information content (AvgIpc) is 2.74. The summed E-state index contributed by atoms with van der Waals surface area (Å²) < 4.78 is 6.25. The number of halogens is 1. The van der Waals surface area contributed by atoms with E-state index in [1.807, 2.05) is 13.0 Å². The van der Waals surface area contributed by atoms with Gasteiger partial charge in [-0.2, -0.15) is 0 Å². The number of benzene rings is 3. The summed E-state index contributed by atoms with van der Waals surface area (Å²) in [4.78, 5) is 0. The molecule has 154 valence electrons. The molecule has 1 N–H and O–H groups in total. The summed E-state index contributed by atoms with van der Waals surface area (Å²) in [6, 6.07) is 29.7. The molecular weight excluding hydrogens is 443 g/mol. The maximum absolute atomic E-state index is 10.6. The second-order valence-corrected chi connectivity index (χ2v) is 10.7. The molecule has 4 heteroatoms. The normalized spacial score (nSPS) is 12.1. The van der Waals surface area contributed by atoms with Gasteiger partial charge in [0.05, 0.1) is 18.9 Å². The van der Waals surface area contributed by atoms with Gasteiger partial charge in [-0.1, -0.05) is 61.9 Å². The zero-order valence-corrected chi connectivity index (χ0v) is 19.6. The summed E-state index contributed by atoms with van der Waals surface area (Å²) in [5, 5.41) is 14.3. The standard InChI is InChI=1S/C25H30O2P.BrH/c1-3-4-19-27-24-17-11-12-18-25(24)28(20-21(2)26,22-13-7-5-8-14-22)23-15-9-6-10-16-23;/h5-18,21,26H,3-4,19-20H2,1-2H3;1H/q+1;/p-1. The minimum atomic E-state index is -2.07. The fraction of sp³-hybridized carbons (Fsp3) is 0.280. The highest BCUT2D eigenvalue weighted by atomic mass is 79.9. The number of unbranched alkanes of at least 4 members (excludes halogenated alkanes) is 1. The first-order valence-electron chi connectivity index (χ1n) is 10.1. The van der Waals surface area contributed by atoms with Crippen LogP contribution < -0.4 is 37.6 Å². The third-order valence-electron chi connectivity index (χ3n) is 4.96. The largest absolute Gasteiger partial charge is 1.00 e. The van der Waals surface area contributed by atoms with Crippen LogP contribution in [0.3, 0.4) is 0 Å². The van der Waals surface area contributed by atoms with Crippen molar-refractivity contribution in [3.8, 4) is 5.75 Å². The smallest absolute Gasteiger partial charge is 0.162 e. The molecule has 0 aliphatic carbocycles. The van der Waals surface area contributed by atoms with Crippen molar-refractivity contribution in [2.75, 3.05) is 12.8 Å². The molecule has 0 fully saturated rings. The second kappa shape index (κ2) is 11.5. The highest BCUT2D eigenvalue weighted by Crippen LogP contribution is 2.57. The van der Waals surface area contributed by atoms with E-state index < -0.39 is 13.4 Å². The van der Waals surface area contributed by atoms with E-state index in [4.69, 9.17) is 4.74 Å². The highest BCUT2D eigenvalue weighted by molar-refractivity contribution is 7.95. The van der Waals surface area contributed by atoms with E-state index in [0.717, 1.165) is 18.6 Å². The van der Waals surface area contributed by atoms with Gasteiger partial charge in [-0.3, -0.25) is 0 Å². The first kappa shape index (κ1) is 23.6. The van der Waals surface area contributed by atoms with E-state index in [0.29, 0.717) is 12.8 Å². The molecule has 0 aromatic heterocycles. The number of rotatable bonds is 9. The SMILES string of the molecule is CCCCOc1ccccc1[P+](CC(C)O)(c1ccccc1)c1ccccc1.[Br-]. The van der Waals surface area contributed by atoms with Crippen molar-refractivity contribution < 1.29 is 26.8 Å². The predicted octanol–water partition coefficient (Wildman–Crippen LogP) is 1.54. The van der Waals surface area contributed by atoms with Crippen molar-refractivity contribution >= 4 is 23.2 Å². The molecule has 2 nitrogen and oxygen atoms in total. The van der Waals surface area contributed by atoms with Crippen molar-refractivity contribution in [1.82, 2.24) is 0 Å². The van der Waals surface area contributed by atoms with Crippen LogP contribution in [-0.4, -0.2) is 24.0 Å². The van der Waals surface area contributed by atoms with Crippen LogP contribution in [0.25, 0.3) is 0 Å². The predicted molar refractivity (Wildman–Crippen MR) is 122 cm³/mol. The van der Waals surface area contributed by atoms with E-state index in [1.54, 1.807) is 0 Å². The molecule has 0 aliphatic heterocycles. The summed E-state index contributed by atoms with van der Waals surface area (Å²) in [5.41, 5.74) is 0. The van der Waals surface area contributed by atoms with E-state index in [-0.39, 0.29) is 17.0 Å². The molecule has 29 heavy (non-hydrogen) atoms. The van der Waals surface area contributed by atoms with Crippen molar-refractivity contribution in [2.45, 2.75) is 32.8 Å². The monoisotopic (exact) mass is 472 g/mol. The number of aliphatic hydroxyl groups is 1. The lowest BCUT2D eigenvalue weighted by Gasteiger charge is -2.30. The summed E-state index contributed by atoms with van der Waals surface area (Å²) in [6.45, 7) is 4.78. The van der Waals surface area contributed by atoms with Crippen molar-refractivity contribution in [3.05, 3.63) is 84.9 Å². The molecule has 0 heterocycles. The Labute approximate surface area is 186 Å². The van der Waals surface area contributed by atoms with Gasteiger partial charge in [0.25, 0.3) is 0 Å². The van der Waals surface area contributed by atoms with Crippen LogP contribution in [0.5, 0.6) is 5.75 Å². The van der Waals surface area contributed by atoms with Crippen LogP contribution in [0.15, 0.2) is 84.9 Å². The second-order valence-electron chi connectivity index (χ2n) is 7.18. The maximum Gasteiger partial charge on any atom is 0.162 e. The molecule has 0 radical (unpaired) electrons. The third kappa shape index (κ3) is 5.48. The van der Waals surface area contributed by atoms with Crippen molar-refractivity contribution in [3.63, 3.8) is 0 Å². The first-order valence-corrected chi connectivity index (χ1v) is 12.1. The summed E-state index contributed by atoms with van der Waals surface area (Å²) in [5.74, 6) is 0.942. The first-order chi connectivity index (χ1) is 13.7. The lowest BCUT2D eigenvalue weighted by molar-refractivity contribution is -0.00000837. The van der Waals surface area contributed by atoms with Gasteiger partial charge in [0.15, 0.2) is 5.75 Å². The minimum Gasteiger partial charge on any atom is -1.00 e. The van der Waals surface area contributed by atoms with Crippen LogP contribution in [0.2, 0.25) is 0 Å². The molecule has 0 spiro atoms.